The molecule has 0 aromatic rings. The Morgan fingerprint density at radius 1 is 1.25 bits per heavy atom. The standard InChI is InChI=1S/C13H30N2O/c1-6-8-12(3)14-11-13(4)15(5)9-10-16-7-2/h12-14H,6-11H2,1-5H3. The van der Waals surface area contributed by atoms with Crippen molar-refractivity contribution >= 4 is 0 Å². The molecule has 0 amide bonds. The number of nitrogens with zero attached hydrogens (tertiary/aromatic N) is 1. The van der Waals surface area contributed by atoms with Crippen LogP contribution in [0.4, 0.5) is 0 Å². The van der Waals surface area contributed by atoms with Crippen molar-refractivity contribution in [2.75, 3.05) is 33.4 Å². The highest BCUT2D eigenvalue weighted by Gasteiger charge is 2.09. The first-order valence-corrected chi connectivity index (χ1v) is 6.63. The third-order valence-corrected chi connectivity index (χ3v) is 3.03. The molecule has 0 heterocycles. The molecule has 16 heavy (non-hydrogen) atoms. The van der Waals surface area contributed by atoms with Gasteiger partial charge in [0, 0.05) is 31.8 Å². The Kier molecular flexibility index (Phi) is 9.99. The first-order chi connectivity index (χ1) is 7.61. The summed E-state index contributed by atoms with van der Waals surface area (Å²) in [6, 6.07) is 1.20. The number of likely N-dealkylation sites (N-methyl/N-ethyl adjacent to an activating group) is 1. The van der Waals surface area contributed by atoms with E-state index >= 15 is 0 Å². The average Bonchev–Trinajstić information content (AvgIpc) is 2.26. The zero-order valence-corrected chi connectivity index (χ0v) is 11.8. The van der Waals surface area contributed by atoms with Crippen molar-refractivity contribution in [2.45, 2.75) is 52.6 Å². The van der Waals surface area contributed by atoms with Gasteiger partial charge in [0.1, 0.15) is 0 Å². The van der Waals surface area contributed by atoms with Crippen LogP contribution in [0, 0.1) is 0 Å². The van der Waals surface area contributed by atoms with Gasteiger partial charge in [0.15, 0.2) is 0 Å². The van der Waals surface area contributed by atoms with Gasteiger partial charge in [-0.15, -0.1) is 0 Å². The van der Waals surface area contributed by atoms with E-state index in [9.17, 15) is 0 Å². The van der Waals surface area contributed by atoms with E-state index in [1.54, 1.807) is 0 Å². The molecule has 0 aromatic heterocycles. The monoisotopic (exact) mass is 230 g/mol. The molecular weight excluding hydrogens is 200 g/mol. The van der Waals surface area contributed by atoms with Crippen molar-refractivity contribution in [1.29, 1.82) is 0 Å². The van der Waals surface area contributed by atoms with Gasteiger partial charge in [-0.1, -0.05) is 13.3 Å². The second kappa shape index (κ2) is 10.1. The average molecular weight is 230 g/mol. The summed E-state index contributed by atoms with van der Waals surface area (Å²) < 4.78 is 5.36. The fourth-order valence-electron chi connectivity index (χ4n) is 1.64. The number of hydrogen-bond acceptors (Lipinski definition) is 3. The Balaban J connectivity index is 3.57. The van der Waals surface area contributed by atoms with Gasteiger partial charge in [0.25, 0.3) is 0 Å². The summed E-state index contributed by atoms with van der Waals surface area (Å²) in [7, 11) is 2.16. The van der Waals surface area contributed by atoms with Gasteiger partial charge in [-0.05, 0) is 34.2 Å². The van der Waals surface area contributed by atoms with Crippen molar-refractivity contribution in [3.8, 4) is 0 Å². The lowest BCUT2D eigenvalue weighted by atomic mass is 10.2. The molecule has 2 unspecified atom stereocenters. The van der Waals surface area contributed by atoms with Crippen LogP contribution in [0.15, 0.2) is 0 Å². The molecule has 0 spiro atoms. The van der Waals surface area contributed by atoms with Crippen LogP contribution < -0.4 is 5.32 Å². The first kappa shape index (κ1) is 15.9. The SMILES string of the molecule is CCCC(C)NCC(C)N(C)CCOCC. The van der Waals surface area contributed by atoms with Crippen LogP contribution >= 0.6 is 0 Å². The van der Waals surface area contributed by atoms with Crippen LogP contribution in [0.25, 0.3) is 0 Å². The van der Waals surface area contributed by atoms with E-state index in [-0.39, 0.29) is 0 Å². The minimum absolute atomic E-state index is 0.569. The molecule has 3 nitrogen and oxygen atoms in total. The van der Waals surface area contributed by atoms with E-state index in [0.717, 1.165) is 26.3 Å². The minimum atomic E-state index is 0.569. The maximum atomic E-state index is 5.36. The van der Waals surface area contributed by atoms with Crippen LogP contribution in [0.1, 0.15) is 40.5 Å². The molecule has 0 radical (unpaired) electrons. The summed E-state index contributed by atoms with van der Waals surface area (Å²) in [5.74, 6) is 0. The zero-order chi connectivity index (χ0) is 12.4. The molecule has 98 valence electrons. The topological polar surface area (TPSA) is 24.5 Å². The summed E-state index contributed by atoms with van der Waals surface area (Å²) in [6.07, 6.45) is 2.51. The summed E-state index contributed by atoms with van der Waals surface area (Å²) in [5, 5.41) is 3.57. The van der Waals surface area contributed by atoms with Crippen LogP contribution in [0.3, 0.4) is 0 Å². The normalized spacial score (nSPS) is 15.4. The Hall–Kier alpha value is -0.120. The second-order valence-electron chi connectivity index (χ2n) is 4.62. The predicted octanol–water partition coefficient (Wildman–Crippen LogP) is 2.12. The molecule has 0 bridgehead atoms. The molecule has 1 N–H and O–H groups in total. The van der Waals surface area contributed by atoms with E-state index in [1.165, 1.54) is 12.8 Å². The smallest absolute Gasteiger partial charge is 0.0593 e. The van der Waals surface area contributed by atoms with Crippen LogP contribution in [-0.4, -0.2) is 50.3 Å². The fraction of sp³-hybridized carbons (Fsp3) is 1.00. The van der Waals surface area contributed by atoms with Gasteiger partial charge in [-0.3, -0.25) is 0 Å². The van der Waals surface area contributed by atoms with Gasteiger partial charge in [-0.2, -0.15) is 0 Å². The van der Waals surface area contributed by atoms with Gasteiger partial charge >= 0.3 is 0 Å². The molecule has 0 aromatic carbocycles. The quantitative estimate of drug-likeness (QED) is 0.582. The number of hydrogen-bond donors (Lipinski definition) is 1. The van der Waals surface area contributed by atoms with Gasteiger partial charge in [0.2, 0.25) is 0 Å². The molecule has 0 aliphatic heterocycles. The Morgan fingerprint density at radius 2 is 1.94 bits per heavy atom. The maximum Gasteiger partial charge on any atom is 0.0593 e. The molecule has 0 saturated carbocycles. The fourth-order valence-corrected chi connectivity index (χ4v) is 1.64. The zero-order valence-electron chi connectivity index (χ0n) is 11.8. The number of rotatable bonds is 10. The van der Waals surface area contributed by atoms with Crippen molar-refractivity contribution in [3.05, 3.63) is 0 Å². The minimum Gasteiger partial charge on any atom is -0.380 e. The molecule has 0 rings (SSSR count). The van der Waals surface area contributed by atoms with Crippen molar-refractivity contribution < 1.29 is 4.74 Å². The van der Waals surface area contributed by atoms with Crippen molar-refractivity contribution in [3.63, 3.8) is 0 Å². The van der Waals surface area contributed by atoms with Gasteiger partial charge in [-0.25, -0.2) is 0 Å². The summed E-state index contributed by atoms with van der Waals surface area (Å²) in [4.78, 5) is 2.35. The molecular formula is C13H30N2O. The van der Waals surface area contributed by atoms with Crippen LogP contribution in [0.5, 0.6) is 0 Å². The maximum absolute atomic E-state index is 5.36. The third kappa shape index (κ3) is 8.08. The van der Waals surface area contributed by atoms with E-state index in [0.29, 0.717) is 12.1 Å². The van der Waals surface area contributed by atoms with Crippen LogP contribution in [-0.2, 0) is 4.74 Å². The summed E-state index contributed by atoms with van der Waals surface area (Å²) >= 11 is 0. The van der Waals surface area contributed by atoms with Gasteiger partial charge < -0.3 is 15.0 Å². The van der Waals surface area contributed by atoms with E-state index in [2.05, 4.69) is 38.0 Å². The van der Waals surface area contributed by atoms with Crippen LogP contribution in [0.2, 0.25) is 0 Å². The molecule has 3 heteroatoms. The number of ether oxygens (including phenoxy) is 1. The molecule has 0 aliphatic rings. The highest BCUT2D eigenvalue weighted by Crippen LogP contribution is 1.98. The second-order valence-corrected chi connectivity index (χ2v) is 4.62. The Morgan fingerprint density at radius 3 is 2.50 bits per heavy atom. The highest BCUT2D eigenvalue weighted by molar-refractivity contribution is 4.69. The van der Waals surface area contributed by atoms with Gasteiger partial charge in [0.05, 0.1) is 6.61 Å². The Labute approximate surface area is 102 Å². The number of nitrogens with one attached hydrogen (secondary N) is 1. The third-order valence-electron chi connectivity index (χ3n) is 3.03. The lowest BCUT2D eigenvalue weighted by molar-refractivity contribution is 0.109. The van der Waals surface area contributed by atoms with Crippen molar-refractivity contribution in [2.24, 2.45) is 0 Å². The lowest BCUT2D eigenvalue weighted by Crippen LogP contribution is -2.42. The highest BCUT2D eigenvalue weighted by atomic mass is 16.5. The molecule has 0 saturated heterocycles. The summed E-state index contributed by atoms with van der Waals surface area (Å²) in [5.41, 5.74) is 0. The molecule has 2 atom stereocenters. The largest absolute Gasteiger partial charge is 0.380 e. The predicted molar refractivity (Wildman–Crippen MR) is 71.0 cm³/mol. The lowest BCUT2D eigenvalue weighted by Gasteiger charge is -2.26. The Bertz CT molecular complexity index is 153. The molecule has 0 fully saturated rings. The van der Waals surface area contributed by atoms with E-state index in [1.807, 2.05) is 6.92 Å². The van der Waals surface area contributed by atoms with E-state index in [4.69, 9.17) is 4.74 Å². The van der Waals surface area contributed by atoms with E-state index < -0.39 is 0 Å². The first-order valence-electron chi connectivity index (χ1n) is 6.63. The summed E-state index contributed by atoms with van der Waals surface area (Å²) in [6.45, 7) is 12.5. The molecule has 0 aliphatic carbocycles. The van der Waals surface area contributed by atoms with Crippen molar-refractivity contribution in [1.82, 2.24) is 10.2 Å².